The van der Waals surface area contributed by atoms with E-state index in [9.17, 15) is 0 Å². The second-order valence-electron chi connectivity index (χ2n) is 8.88. The lowest BCUT2D eigenvalue weighted by molar-refractivity contribution is 0.00578. The van der Waals surface area contributed by atoms with E-state index in [0.29, 0.717) is 0 Å². The van der Waals surface area contributed by atoms with Crippen LogP contribution in [0.2, 0.25) is 0 Å². The van der Waals surface area contributed by atoms with Gasteiger partial charge in [0, 0.05) is 5.54 Å². The third-order valence-corrected chi connectivity index (χ3v) is 5.27. The van der Waals surface area contributed by atoms with Crippen LogP contribution in [0.1, 0.15) is 68.7 Å². The first-order valence-electron chi connectivity index (χ1n) is 8.10. The maximum Gasteiger partial charge on any atom is 0.490 e. The Labute approximate surface area is 137 Å². The maximum atomic E-state index is 6.35. The molecule has 0 bridgehead atoms. The lowest BCUT2D eigenvalue weighted by atomic mass is 9.67. The monoisotopic (exact) mass is 307 g/mol. The Hall–Kier alpha value is -0.575. The summed E-state index contributed by atoms with van der Waals surface area (Å²) in [6.45, 7) is 22.8. The molecule has 0 aliphatic carbocycles. The van der Waals surface area contributed by atoms with Crippen LogP contribution in [0.5, 0.6) is 0 Å². The molecule has 0 aromatic rings. The fraction of sp³-hybridized carbons (Fsp3) is 0.778. The SMILES string of the molecule is C=C(C)C/C(=C\C(C)(C)C(C)(C)N)B1OC(C)(C)C(C)(C)O1. The van der Waals surface area contributed by atoms with Gasteiger partial charge in [0.15, 0.2) is 0 Å². The molecule has 3 nitrogen and oxygen atoms in total. The van der Waals surface area contributed by atoms with Gasteiger partial charge >= 0.3 is 7.12 Å². The third-order valence-electron chi connectivity index (χ3n) is 5.27. The molecule has 0 atom stereocenters. The average molecular weight is 307 g/mol. The van der Waals surface area contributed by atoms with E-state index in [1.165, 1.54) is 0 Å². The van der Waals surface area contributed by atoms with Crippen LogP contribution in [0, 0.1) is 5.41 Å². The van der Waals surface area contributed by atoms with Gasteiger partial charge in [0.1, 0.15) is 0 Å². The summed E-state index contributed by atoms with van der Waals surface area (Å²) in [5.74, 6) is 0. The maximum absolute atomic E-state index is 6.35. The fourth-order valence-corrected chi connectivity index (χ4v) is 2.19. The highest BCUT2D eigenvalue weighted by Crippen LogP contribution is 2.41. The molecule has 1 aliphatic heterocycles. The summed E-state index contributed by atoms with van der Waals surface area (Å²) in [5.41, 5.74) is 7.35. The number of hydrogen-bond donors (Lipinski definition) is 1. The number of rotatable bonds is 5. The Morgan fingerprint density at radius 3 is 1.82 bits per heavy atom. The van der Waals surface area contributed by atoms with Crippen LogP contribution < -0.4 is 5.73 Å². The Bertz CT molecular complexity index is 454. The second-order valence-corrected chi connectivity index (χ2v) is 8.88. The first-order chi connectivity index (χ1) is 9.59. The summed E-state index contributed by atoms with van der Waals surface area (Å²) >= 11 is 0. The first-order valence-corrected chi connectivity index (χ1v) is 8.10. The molecule has 0 spiro atoms. The Morgan fingerprint density at radius 1 is 1.09 bits per heavy atom. The summed E-state index contributed by atoms with van der Waals surface area (Å²) in [5, 5.41) is 0. The van der Waals surface area contributed by atoms with Gasteiger partial charge in [-0.15, -0.1) is 0 Å². The van der Waals surface area contributed by atoms with Crippen LogP contribution in [0.15, 0.2) is 23.7 Å². The van der Waals surface area contributed by atoms with Gasteiger partial charge in [-0.3, -0.25) is 0 Å². The molecule has 2 N–H and O–H groups in total. The summed E-state index contributed by atoms with van der Waals surface area (Å²) < 4.78 is 12.4. The van der Waals surface area contributed by atoms with E-state index in [-0.39, 0.29) is 29.3 Å². The normalized spacial score (nSPS) is 22.1. The van der Waals surface area contributed by atoms with Crippen molar-refractivity contribution in [1.29, 1.82) is 0 Å². The predicted octanol–water partition coefficient (Wildman–Crippen LogP) is 4.27. The number of hydrogen-bond acceptors (Lipinski definition) is 3. The summed E-state index contributed by atoms with van der Waals surface area (Å²) in [6.07, 6.45) is 2.97. The molecule has 1 aliphatic rings. The quantitative estimate of drug-likeness (QED) is 0.609. The zero-order chi connectivity index (χ0) is 17.6. The van der Waals surface area contributed by atoms with Gasteiger partial charge in [-0.25, -0.2) is 0 Å². The molecule has 1 heterocycles. The van der Waals surface area contributed by atoms with Crippen LogP contribution in [0.4, 0.5) is 0 Å². The van der Waals surface area contributed by atoms with Crippen LogP contribution in [0.3, 0.4) is 0 Å². The molecule has 126 valence electrons. The van der Waals surface area contributed by atoms with E-state index in [2.05, 4.69) is 54.2 Å². The summed E-state index contributed by atoms with van der Waals surface area (Å²) in [4.78, 5) is 0. The van der Waals surface area contributed by atoms with Gasteiger partial charge in [-0.1, -0.05) is 32.1 Å². The van der Waals surface area contributed by atoms with Crippen molar-refractivity contribution >= 4 is 7.12 Å². The van der Waals surface area contributed by atoms with Crippen molar-refractivity contribution in [2.24, 2.45) is 11.1 Å². The molecule has 0 amide bonds. The highest BCUT2D eigenvalue weighted by molar-refractivity contribution is 6.54. The molecule has 1 saturated heterocycles. The van der Waals surface area contributed by atoms with E-state index in [4.69, 9.17) is 15.0 Å². The Morgan fingerprint density at radius 2 is 1.50 bits per heavy atom. The average Bonchev–Trinajstić information content (AvgIpc) is 2.44. The van der Waals surface area contributed by atoms with E-state index in [1.54, 1.807) is 0 Å². The molecule has 0 aromatic carbocycles. The molecular weight excluding hydrogens is 273 g/mol. The molecule has 0 unspecified atom stereocenters. The molecule has 22 heavy (non-hydrogen) atoms. The minimum atomic E-state index is -0.344. The van der Waals surface area contributed by atoms with E-state index in [1.807, 2.05) is 20.8 Å². The zero-order valence-electron chi connectivity index (χ0n) is 16.0. The lowest BCUT2D eigenvalue weighted by Crippen LogP contribution is -2.46. The van der Waals surface area contributed by atoms with Crippen molar-refractivity contribution in [3.8, 4) is 0 Å². The highest BCUT2D eigenvalue weighted by atomic mass is 16.7. The van der Waals surface area contributed by atoms with Crippen LogP contribution >= 0.6 is 0 Å². The van der Waals surface area contributed by atoms with Gasteiger partial charge in [0.2, 0.25) is 0 Å². The van der Waals surface area contributed by atoms with Crippen LogP contribution in [-0.2, 0) is 9.31 Å². The predicted molar refractivity (Wildman–Crippen MR) is 95.6 cm³/mol. The summed E-state index contributed by atoms with van der Waals surface area (Å²) in [7, 11) is -0.344. The molecule has 1 rings (SSSR count). The van der Waals surface area contributed by atoms with Crippen molar-refractivity contribution in [2.45, 2.75) is 85.5 Å². The zero-order valence-corrected chi connectivity index (χ0v) is 16.0. The van der Waals surface area contributed by atoms with Crippen molar-refractivity contribution in [1.82, 2.24) is 0 Å². The first kappa shape index (κ1) is 19.5. The lowest BCUT2D eigenvalue weighted by Gasteiger charge is -2.37. The highest BCUT2D eigenvalue weighted by Gasteiger charge is 2.52. The van der Waals surface area contributed by atoms with Gasteiger partial charge in [-0.2, -0.15) is 0 Å². The van der Waals surface area contributed by atoms with Crippen LogP contribution in [-0.4, -0.2) is 23.9 Å². The van der Waals surface area contributed by atoms with E-state index < -0.39 is 0 Å². The Kier molecular flexibility index (Phi) is 5.14. The third kappa shape index (κ3) is 4.04. The second kappa shape index (κ2) is 5.81. The number of allylic oxidation sites excluding steroid dienone is 2. The van der Waals surface area contributed by atoms with E-state index in [0.717, 1.165) is 17.5 Å². The van der Waals surface area contributed by atoms with Crippen molar-refractivity contribution in [3.63, 3.8) is 0 Å². The standard InChI is InChI=1S/C18H34BNO2/c1-13(2)11-14(12-15(3,4)16(5,6)20)19-21-17(7,8)18(9,10)22-19/h12H,1,11,20H2,2-10H3/b14-12+. The molecule has 0 aromatic heterocycles. The van der Waals surface area contributed by atoms with Gasteiger partial charge in [-0.05, 0) is 65.8 Å². The number of nitrogens with two attached hydrogens (primary N) is 1. The van der Waals surface area contributed by atoms with Gasteiger partial charge in [0.25, 0.3) is 0 Å². The molecule has 0 radical (unpaired) electrons. The fourth-order valence-electron chi connectivity index (χ4n) is 2.19. The minimum absolute atomic E-state index is 0.179. The molecule has 4 heteroatoms. The topological polar surface area (TPSA) is 44.5 Å². The summed E-state index contributed by atoms with van der Waals surface area (Å²) in [6, 6.07) is 0. The van der Waals surface area contributed by atoms with Crippen LogP contribution in [0.25, 0.3) is 0 Å². The largest absolute Gasteiger partial charge is 0.490 e. The molecule has 1 fully saturated rings. The van der Waals surface area contributed by atoms with Crippen molar-refractivity contribution in [3.05, 3.63) is 23.7 Å². The minimum Gasteiger partial charge on any atom is -0.400 e. The molecule has 0 saturated carbocycles. The van der Waals surface area contributed by atoms with Gasteiger partial charge < -0.3 is 15.0 Å². The van der Waals surface area contributed by atoms with Gasteiger partial charge in [0.05, 0.1) is 11.2 Å². The van der Waals surface area contributed by atoms with E-state index >= 15 is 0 Å². The van der Waals surface area contributed by atoms with Crippen molar-refractivity contribution < 1.29 is 9.31 Å². The molecular formula is C18H34BNO2. The Balaban J connectivity index is 3.19. The smallest absolute Gasteiger partial charge is 0.400 e. The van der Waals surface area contributed by atoms with Crippen molar-refractivity contribution in [2.75, 3.05) is 0 Å².